The third-order valence-corrected chi connectivity index (χ3v) is 1.98. The van der Waals surface area contributed by atoms with E-state index in [9.17, 15) is 4.79 Å². The van der Waals surface area contributed by atoms with E-state index in [1.165, 1.54) is 0 Å². The number of ether oxygens (including phenoxy) is 2. The molecular formula is C13H26N2O4. The molecule has 1 N–H and O–H groups in total. The van der Waals surface area contributed by atoms with Crippen LogP contribution in [-0.2, 0) is 19.1 Å². The maximum Gasteiger partial charge on any atom is 0.222 e. The van der Waals surface area contributed by atoms with Crippen LogP contribution in [0.25, 0.3) is 0 Å². The maximum absolute atomic E-state index is 11.2. The summed E-state index contributed by atoms with van der Waals surface area (Å²) in [5.74, 6) is 0.0314. The molecule has 0 rings (SSSR count). The highest BCUT2D eigenvalue weighted by molar-refractivity contribution is 5.78. The smallest absolute Gasteiger partial charge is 0.222 e. The van der Waals surface area contributed by atoms with Crippen LogP contribution in [0.2, 0.25) is 0 Å². The van der Waals surface area contributed by atoms with E-state index in [1.54, 1.807) is 0 Å². The van der Waals surface area contributed by atoms with Gasteiger partial charge in [-0.15, -0.1) is 0 Å². The average Bonchev–Trinajstić information content (AvgIpc) is 2.38. The van der Waals surface area contributed by atoms with Gasteiger partial charge in [-0.3, -0.25) is 4.79 Å². The van der Waals surface area contributed by atoms with Crippen molar-refractivity contribution in [3.63, 3.8) is 0 Å². The van der Waals surface area contributed by atoms with Crippen molar-refractivity contribution in [3.8, 4) is 0 Å². The summed E-state index contributed by atoms with van der Waals surface area (Å²) in [6.45, 7) is 8.80. The number of nitrogens with zero attached hydrogens (tertiary/aromatic N) is 1. The zero-order valence-electron chi connectivity index (χ0n) is 12.2. The second-order valence-electron chi connectivity index (χ2n) is 4.20. The standard InChI is InChI=1S/C13H26N2O4/c1-4-6-14-13(16)5-7-17-8-9-18-10-11-19-15-12(2)3/h4-11H2,1-3H3,(H,14,16). The van der Waals surface area contributed by atoms with Crippen molar-refractivity contribution in [3.05, 3.63) is 0 Å². The van der Waals surface area contributed by atoms with Crippen LogP contribution in [0.15, 0.2) is 5.16 Å². The number of hydrogen-bond acceptors (Lipinski definition) is 5. The minimum Gasteiger partial charge on any atom is -0.393 e. The third kappa shape index (κ3) is 14.8. The predicted molar refractivity (Wildman–Crippen MR) is 74.3 cm³/mol. The van der Waals surface area contributed by atoms with Gasteiger partial charge >= 0.3 is 0 Å². The summed E-state index contributed by atoms with van der Waals surface area (Å²) in [5, 5.41) is 6.56. The van der Waals surface area contributed by atoms with Gasteiger partial charge in [0.2, 0.25) is 5.91 Å². The van der Waals surface area contributed by atoms with Gasteiger partial charge in [-0.2, -0.15) is 0 Å². The van der Waals surface area contributed by atoms with Crippen molar-refractivity contribution < 1.29 is 19.1 Å². The van der Waals surface area contributed by atoms with Crippen molar-refractivity contribution in [2.24, 2.45) is 5.16 Å². The monoisotopic (exact) mass is 274 g/mol. The second-order valence-corrected chi connectivity index (χ2v) is 4.20. The Hall–Kier alpha value is -1.14. The lowest BCUT2D eigenvalue weighted by Crippen LogP contribution is -2.25. The number of amides is 1. The van der Waals surface area contributed by atoms with Gasteiger partial charge in [0.05, 0.1) is 32.1 Å². The molecule has 0 aliphatic rings. The minimum absolute atomic E-state index is 0.0314. The number of hydrogen-bond donors (Lipinski definition) is 1. The number of carbonyl (C=O) groups excluding carboxylic acids is 1. The van der Waals surface area contributed by atoms with Crippen LogP contribution in [0.5, 0.6) is 0 Å². The lowest BCUT2D eigenvalue weighted by Gasteiger charge is -2.06. The van der Waals surface area contributed by atoms with Crippen molar-refractivity contribution in [1.29, 1.82) is 0 Å². The first-order chi connectivity index (χ1) is 9.16. The predicted octanol–water partition coefficient (Wildman–Crippen LogP) is 1.35. The average molecular weight is 274 g/mol. The highest BCUT2D eigenvalue weighted by Crippen LogP contribution is 1.86. The second kappa shape index (κ2) is 13.3. The van der Waals surface area contributed by atoms with Crippen LogP contribution in [0.1, 0.15) is 33.6 Å². The molecule has 0 aromatic carbocycles. The fraction of sp³-hybridized carbons (Fsp3) is 0.846. The molecule has 0 fully saturated rings. The molecule has 0 saturated heterocycles. The van der Waals surface area contributed by atoms with Crippen molar-refractivity contribution >= 4 is 11.6 Å². The van der Waals surface area contributed by atoms with Gasteiger partial charge in [0.1, 0.15) is 6.61 Å². The zero-order chi connectivity index (χ0) is 14.3. The fourth-order valence-corrected chi connectivity index (χ4v) is 1.11. The molecule has 0 spiro atoms. The Morgan fingerprint density at radius 1 is 1.05 bits per heavy atom. The summed E-state index contributed by atoms with van der Waals surface area (Å²) in [4.78, 5) is 16.2. The van der Waals surface area contributed by atoms with Gasteiger partial charge in [0.25, 0.3) is 0 Å². The minimum atomic E-state index is 0.0314. The number of nitrogens with one attached hydrogen (secondary N) is 1. The van der Waals surface area contributed by atoms with Gasteiger partial charge in [-0.25, -0.2) is 0 Å². The van der Waals surface area contributed by atoms with Crippen molar-refractivity contribution in [1.82, 2.24) is 5.32 Å². The summed E-state index contributed by atoms with van der Waals surface area (Å²) in [7, 11) is 0. The zero-order valence-corrected chi connectivity index (χ0v) is 12.2. The normalized spacial score (nSPS) is 10.1. The number of rotatable bonds is 12. The Morgan fingerprint density at radius 3 is 2.32 bits per heavy atom. The molecule has 6 heteroatoms. The molecule has 0 saturated carbocycles. The Bertz CT molecular complexity index is 253. The van der Waals surface area contributed by atoms with Gasteiger partial charge < -0.3 is 19.6 Å². The summed E-state index contributed by atoms with van der Waals surface area (Å²) in [5.41, 5.74) is 0.879. The van der Waals surface area contributed by atoms with Crippen molar-refractivity contribution in [2.75, 3.05) is 39.6 Å². The molecule has 112 valence electrons. The topological polar surface area (TPSA) is 69.2 Å². The molecule has 19 heavy (non-hydrogen) atoms. The fourth-order valence-electron chi connectivity index (χ4n) is 1.11. The molecule has 0 aliphatic carbocycles. The Balaban J connectivity index is 3.14. The maximum atomic E-state index is 11.2. The summed E-state index contributed by atoms with van der Waals surface area (Å²) in [6, 6.07) is 0. The van der Waals surface area contributed by atoms with Crippen molar-refractivity contribution in [2.45, 2.75) is 33.6 Å². The van der Waals surface area contributed by atoms with E-state index in [4.69, 9.17) is 14.3 Å². The van der Waals surface area contributed by atoms with E-state index >= 15 is 0 Å². The lowest BCUT2D eigenvalue weighted by atomic mass is 10.4. The largest absolute Gasteiger partial charge is 0.393 e. The first-order valence-corrected chi connectivity index (χ1v) is 6.72. The van der Waals surface area contributed by atoms with E-state index in [0.717, 1.165) is 18.7 Å². The van der Waals surface area contributed by atoms with Crippen LogP contribution < -0.4 is 5.32 Å². The molecule has 0 heterocycles. The first-order valence-electron chi connectivity index (χ1n) is 6.72. The molecule has 0 radical (unpaired) electrons. The molecule has 1 amide bonds. The Morgan fingerprint density at radius 2 is 1.68 bits per heavy atom. The summed E-state index contributed by atoms with van der Waals surface area (Å²) >= 11 is 0. The van der Waals surface area contributed by atoms with E-state index in [1.807, 2.05) is 20.8 Å². The van der Waals surface area contributed by atoms with Crippen LogP contribution >= 0.6 is 0 Å². The van der Waals surface area contributed by atoms with E-state index in [-0.39, 0.29) is 5.91 Å². The molecule has 0 bridgehead atoms. The molecular weight excluding hydrogens is 248 g/mol. The SMILES string of the molecule is CCCNC(=O)CCOCCOCCON=C(C)C. The quantitative estimate of drug-likeness (QED) is 0.331. The van der Waals surface area contributed by atoms with Crippen LogP contribution in [0.3, 0.4) is 0 Å². The molecule has 6 nitrogen and oxygen atoms in total. The number of oxime groups is 1. The highest BCUT2D eigenvalue weighted by atomic mass is 16.6. The van der Waals surface area contributed by atoms with E-state index in [0.29, 0.717) is 39.5 Å². The van der Waals surface area contributed by atoms with Crippen LogP contribution in [0.4, 0.5) is 0 Å². The van der Waals surface area contributed by atoms with E-state index in [2.05, 4.69) is 10.5 Å². The third-order valence-electron chi connectivity index (χ3n) is 1.98. The molecule has 0 atom stereocenters. The van der Waals surface area contributed by atoms with Crippen LogP contribution in [-0.4, -0.2) is 51.2 Å². The van der Waals surface area contributed by atoms with Gasteiger partial charge in [-0.1, -0.05) is 12.1 Å². The van der Waals surface area contributed by atoms with E-state index < -0.39 is 0 Å². The van der Waals surface area contributed by atoms with Gasteiger partial charge in [0, 0.05) is 13.0 Å². The van der Waals surface area contributed by atoms with Crippen LogP contribution in [0, 0.1) is 0 Å². The molecule has 0 unspecified atom stereocenters. The first kappa shape index (κ1) is 17.9. The molecule has 0 aliphatic heterocycles. The molecule has 0 aromatic rings. The van der Waals surface area contributed by atoms with Gasteiger partial charge in [0.15, 0.2) is 0 Å². The molecule has 0 aromatic heterocycles. The summed E-state index contributed by atoms with van der Waals surface area (Å²) in [6.07, 6.45) is 1.34. The Labute approximate surface area is 115 Å². The van der Waals surface area contributed by atoms with Gasteiger partial charge in [-0.05, 0) is 20.3 Å². The highest BCUT2D eigenvalue weighted by Gasteiger charge is 1.99. The number of carbonyl (C=O) groups is 1. The summed E-state index contributed by atoms with van der Waals surface area (Å²) < 4.78 is 10.5. The lowest BCUT2D eigenvalue weighted by molar-refractivity contribution is -0.122. The Kier molecular flexibility index (Phi) is 12.5.